The summed E-state index contributed by atoms with van der Waals surface area (Å²) >= 11 is 1.04. The number of hydrogen-bond donors (Lipinski definition) is 1. The Balaban J connectivity index is 1.46. The van der Waals surface area contributed by atoms with Crippen LogP contribution in [0.15, 0.2) is 53.5 Å². The van der Waals surface area contributed by atoms with Gasteiger partial charge in [-0.25, -0.2) is 9.37 Å². The lowest BCUT2D eigenvalue weighted by Crippen LogP contribution is -2.18. The number of aromatic nitrogens is 2. The number of halogens is 1. The second-order valence-corrected chi connectivity index (χ2v) is 7.19. The van der Waals surface area contributed by atoms with Crippen molar-refractivity contribution in [2.24, 2.45) is 0 Å². The normalized spacial score (nSPS) is 10.7. The molecule has 1 aromatic carbocycles. The highest BCUT2D eigenvalue weighted by Gasteiger charge is 2.10. The van der Waals surface area contributed by atoms with Crippen LogP contribution in [0.4, 0.5) is 10.1 Å². The number of para-hydroxylation sites is 1. The minimum atomic E-state index is -0.542. The van der Waals surface area contributed by atoms with E-state index in [-0.39, 0.29) is 29.4 Å². The number of carbonyl (C=O) groups excluding carboxylic acids is 2. The minimum absolute atomic E-state index is 0.0294. The molecule has 2 aromatic heterocycles. The van der Waals surface area contributed by atoms with Crippen molar-refractivity contribution in [2.45, 2.75) is 13.5 Å². The third-order valence-corrected chi connectivity index (χ3v) is 4.75. The van der Waals surface area contributed by atoms with Gasteiger partial charge < -0.3 is 10.1 Å². The number of esters is 1. The summed E-state index contributed by atoms with van der Waals surface area (Å²) in [6, 6.07) is 10.7. The predicted molar refractivity (Wildman–Crippen MR) is 108 cm³/mol. The molecular formula is C20H18FN3O4S. The maximum absolute atomic E-state index is 13.5. The number of aryl methyl sites for hydroxylation is 1. The molecule has 0 fully saturated rings. The second-order valence-electron chi connectivity index (χ2n) is 6.20. The first-order valence-electron chi connectivity index (χ1n) is 8.69. The fourth-order valence-electron chi connectivity index (χ4n) is 2.50. The van der Waals surface area contributed by atoms with Gasteiger partial charge in [-0.3, -0.25) is 18.8 Å². The Labute approximate surface area is 169 Å². The summed E-state index contributed by atoms with van der Waals surface area (Å²) in [5.41, 5.74) is 1.56. The van der Waals surface area contributed by atoms with Gasteiger partial charge in [0.1, 0.15) is 18.1 Å². The van der Waals surface area contributed by atoms with E-state index >= 15 is 0 Å². The SMILES string of the molecule is Cc1ccc2nc(COC(=O)CSCC(=O)Nc3ccccc3F)cc(=O)n2c1. The molecule has 0 saturated carbocycles. The number of carbonyl (C=O) groups is 2. The molecule has 0 aliphatic rings. The van der Waals surface area contributed by atoms with Gasteiger partial charge in [0.05, 0.1) is 22.9 Å². The van der Waals surface area contributed by atoms with Gasteiger partial charge >= 0.3 is 5.97 Å². The molecule has 0 saturated heterocycles. The number of amides is 1. The first-order valence-corrected chi connectivity index (χ1v) is 9.84. The van der Waals surface area contributed by atoms with Crippen molar-refractivity contribution in [1.82, 2.24) is 9.38 Å². The zero-order valence-corrected chi connectivity index (χ0v) is 16.4. The van der Waals surface area contributed by atoms with Gasteiger partial charge in [0.15, 0.2) is 0 Å². The Kier molecular flexibility index (Phi) is 6.61. The van der Waals surface area contributed by atoms with Crippen molar-refractivity contribution >= 4 is 35.0 Å². The molecule has 2 heterocycles. The first-order chi connectivity index (χ1) is 13.9. The number of fused-ring (bicyclic) bond motifs is 1. The van der Waals surface area contributed by atoms with Crippen LogP contribution in [0.25, 0.3) is 5.65 Å². The van der Waals surface area contributed by atoms with Crippen LogP contribution in [0.2, 0.25) is 0 Å². The number of pyridine rings is 1. The number of anilines is 1. The molecule has 0 aliphatic heterocycles. The maximum Gasteiger partial charge on any atom is 0.316 e. The summed E-state index contributed by atoms with van der Waals surface area (Å²) in [7, 11) is 0. The van der Waals surface area contributed by atoms with Crippen molar-refractivity contribution < 1.29 is 18.7 Å². The molecule has 0 atom stereocenters. The van der Waals surface area contributed by atoms with Gasteiger partial charge in [-0.15, -0.1) is 11.8 Å². The van der Waals surface area contributed by atoms with Crippen LogP contribution in [-0.4, -0.2) is 32.8 Å². The monoisotopic (exact) mass is 415 g/mol. The fraction of sp³-hybridized carbons (Fsp3) is 0.200. The summed E-state index contributed by atoms with van der Waals surface area (Å²) in [6.07, 6.45) is 1.68. The van der Waals surface area contributed by atoms with Gasteiger partial charge in [-0.2, -0.15) is 0 Å². The van der Waals surface area contributed by atoms with Gasteiger partial charge in [-0.05, 0) is 30.7 Å². The van der Waals surface area contributed by atoms with Crippen LogP contribution < -0.4 is 10.9 Å². The van der Waals surface area contributed by atoms with Gasteiger partial charge in [0.25, 0.3) is 5.56 Å². The van der Waals surface area contributed by atoms with Crippen LogP contribution in [0, 0.1) is 12.7 Å². The van der Waals surface area contributed by atoms with E-state index in [1.165, 1.54) is 28.7 Å². The lowest BCUT2D eigenvalue weighted by atomic mass is 10.3. The molecule has 1 N–H and O–H groups in total. The summed E-state index contributed by atoms with van der Waals surface area (Å²) in [5.74, 6) is -1.58. The highest BCUT2D eigenvalue weighted by Crippen LogP contribution is 2.13. The number of ether oxygens (including phenoxy) is 1. The van der Waals surface area contributed by atoms with Crippen LogP contribution in [0.1, 0.15) is 11.3 Å². The van der Waals surface area contributed by atoms with Crippen LogP contribution in [0.5, 0.6) is 0 Å². The molecule has 29 heavy (non-hydrogen) atoms. The van der Waals surface area contributed by atoms with E-state index in [1.54, 1.807) is 18.3 Å². The molecule has 1 amide bonds. The molecule has 9 heteroatoms. The highest BCUT2D eigenvalue weighted by molar-refractivity contribution is 8.00. The average Bonchev–Trinajstić information content (AvgIpc) is 2.69. The highest BCUT2D eigenvalue weighted by atomic mass is 32.2. The Hall–Kier alpha value is -3.20. The maximum atomic E-state index is 13.5. The van der Waals surface area contributed by atoms with E-state index in [0.29, 0.717) is 11.3 Å². The number of thioether (sulfide) groups is 1. The third-order valence-electron chi connectivity index (χ3n) is 3.84. The Morgan fingerprint density at radius 2 is 2.00 bits per heavy atom. The average molecular weight is 415 g/mol. The van der Waals surface area contributed by atoms with Crippen molar-refractivity contribution in [3.05, 3.63) is 76.1 Å². The van der Waals surface area contributed by atoms with Gasteiger partial charge in [0, 0.05) is 12.3 Å². The number of hydrogen-bond acceptors (Lipinski definition) is 6. The lowest BCUT2D eigenvalue weighted by molar-refractivity contribution is -0.141. The second kappa shape index (κ2) is 9.33. The zero-order valence-electron chi connectivity index (χ0n) is 15.6. The Morgan fingerprint density at radius 1 is 1.21 bits per heavy atom. The number of benzene rings is 1. The summed E-state index contributed by atoms with van der Waals surface area (Å²) in [6.45, 7) is 1.73. The molecule has 0 unspecified atom stereocenters. The van der Waals surface area contributed by atoms with Crippen LogP contribution in [-0.2, 0) is 20.9 Å². The van der Waals surface area contributed by atoms with Crippen molar-refractivity contribution in [3.8, 4) is 0 Å². The minimum Gasteiger partial charge on any atom is -0.459 e. The van der Waals surface area contributed by atoms with E-state index in [4.69, 9.17) is 4.74 Å². The summed E-state index contributed by atoms with van der Waals surface area (Å²) in [5, 5.41) is 2.44. The largest absolute Gasteiger partial charge is 0.459 e. The first kappa shape index (κ1) is 20.5. The standard InChI is InChI=1S/C20H18FN3O4S/c1-13-6-7-17-22-14(8-19(26)24(17)9-13)10-28-20(27)12-29-11-18(25)23-16-5-3-2-4-15(16)21/h2-9H,10-12H2,1H3,(H,23,25). The fourth-order valence-corrected chi connectivity index (χ4v) is 3.11. The molecule has 150 valence electrons. The van der Waals surface area contributed by atoms with E-state index in [0.717, 1.165) is 17.3 Å². The molecule has 3 rings (SSSR count). The number of rotatable bonds is 7. The summed E-state index contributed by atoms with van der Waals surface area (Å²) in [4.78, 5) is 40.1. The van der Waals surface area contributed by atoms with Crippen molar-refractivity contribution in [1.29, 1.82) is 0 Å². The van der Waals surface area contributed by atoms with E-state index < -0.39 is 17.7 Å². The van der Waals surface area contributed by atoms with E-state index in [1.807, 2.05) is 13.0 Å². The van der Waals surface area contributed by atoms with E-state index in [2.05, 4.69) is 10.3 Å². The predicted octanol–water partition coefficient (Wildman–Crippen LogP) is 2.56. The quantitative estimate of drug-likeness (QED) is 0.597. The molecule has 7 nitrogen and oxygen atoms in total. The molecule has 0 bridgehead atoms. The molecule has 0 radical (unpaired) electrons. The molecule has 0 spiro atoms. The Bertz CT molecular complexity index is 1120. The molecule has 0 aliphatic carbocycles. The van der Waals surface area contributed by atoms with Crippen LogP contribution >= 0.6 is 11.8 Å². The molecule has 3 aromatic rings. The van der Waals surface area contributed by atoms with Gasteiger partial charge in [0.2, 0.25) is 5.91 Å². The Morgan fingerprint density at radius 3 is 2.79 bits per heavy atom. The van der Waals surface area contributed by atoms with Gasteiger partial charge in [-0.1, -0.05) is 18.2 Å². The summed E-state index contributed by atoms with van der Waals surface area (Å²) < 4.78 is 20.0. The smallest absolute Gasteiger partial charge is 0.316 e. The number of nitrogens with one attached hydrogen (secondary N) is 1. The van der Waals surface area contributed by atoms with Crippen LogP contribution in [0.3, 0.4) is 0 Å². The number of nitrogens with zero attached hydrogens (tertiary/aromatic N) is 2. The third kappa shape index (κ3) is 5.64. The zero-order chi connectivity index (χ0) is 20.8. The van der Waals surface area contributed by atoms with Crippen molar-refractivity contribution in [2.75, 3.05) is 16.8 Å². The topological polar surface area (TPSA) is 89.8 Å². The van der Waals surface area contributed by atoms with E-state index in [9.17, 15) is 18.8 Å². The molecular weight excluding hydrogens is 397 g/mol. The van der Waals surface area contributed by atoms with Crippen molar-refractivity contribution in [3.63, 3.8) is 0 Å². The lowest BCUT2D eigenvalue weighted by Gasteiger charge is -2.07.